The largest absolute Gasteiger partial charge is 0.281 e. The Kier molecular flexibility index (Phi) is 2.98. The van der Waals surface area contributed by atoms with Crippen molar-refractivity contribution in [3.05, 3.63) is 11.4 Å². The van der Waals surface area contributed by atoms with Crippen LogP contribution in [0.5, 0.6) is 0 Å². The van der Waals surface area contributed by atoms with Gasteiger partial charge in [0.15, 0.2) is 0 Å². The van der Waals surface area contributed by atoms with Crippen molar-refractivity contribution >= 4 is 21.6 Å². The molecule has 0 aliphatic carbocycles. The third-order valence-corrected chi connectivity index (χ3v) is 5.24. The van der Waals surface area contributed by atoms with Crippen LogP contribution in [0.3, 0.4) is 0 Å². The molecule has 1 N–H and O–H groups in total. The number of rotatable bonds is 2. The first-order chi connectivity index (χ1) is 7.43. The van der Waals surface area contributed by atoms with E-state index >= 15 is 0 Å². The van der Waals surface area contributed by atoms with Crippen LogP contribution in [0.1, 0.15) is 17.8 Å². The zero-order valence-electron chi connectivity index (χ0n) is 9.20. The second kappa shape index (κ2) is 4.01. The quantitative estimate of drug-likeness (QED) is 0.811. The molecule has 0 amide bonds. The molecule has 1 unspecified atom stereocenters. The first-order valence-corrected chi connectivity index (χ1v) is 6.96. The van der Waals surface area contributed by atoms with E-state index in [2.05, 4.69) is 10.2 Å². The van der Waals surface area contributed by atoms with Crippen LogP contribution in [0.2, 0.25) is 0 Å². The molecular formula is C9H14ClN3O2S. The minimum atomic E-state index is -3.43. The Bertz CT molecular complexity index is 477. The van der Waals surface area contributed by atoms with Gasteiger partial charge in [-0.15, -0.1) is 11.6 Å². The van der Waals surface area contributed by atoms with Gasteiger partial charge in [-0.25, -0.2) is 8.42 Å². The van der Waals surface area contributed by atoms with Crippen molar-refractivity contribution in [1.82, 2.24) is 14.5 Å². The fourth-order valence-corrected chi connectivity index (χ4v) is 4.13. The molecule has 7 heteroatoms. The standard InChI is InChI=1S/C9H14ClN3O2S/c1-6-9(7(2)12-11-6)16(14,15)13-4-3-8(10)5-13/h8H,3-5H2,1-2H3,(H,11,12). The summed E-state index contributed by atoms with van der Waals surface area (Å²) in [6.45, 7) is 4.26. The van der Waals surface area contributed by atoms with Gasteiger partial charge in [0.1, 0.15) is 4.90 Å². The molecule has 1 fully saturated rings. The number of hydrogen-bond donors (Lipinski definition) is 1. The van der Waals surface area contributed by atoms with Crippen molar-refractivity contribution in [2.75, 3.05) is 13.1 Å². The van der Waals surface area contributed by atoms with Crippen LogP contribution in [0, 0.1) is 13.8 Å². The van der Waals surface area contributed by atoms with Crippen molar-refractivity contribution in [1.29, 1.82) is 0 Å². The van der Waals surface area contributed by atoms with Crippen LogP contribution in [0.25, 0.3) is 0 Å². The van der Waals surface area contributed by atoms with Crippen molar-refractivity contribution in [2.45, 2.75) is 30.5 Å². The molecule has 0 bridgehead atoms. The molecule has 5 nitrogen and oxygen atoms in total. The number of hydrogen-bond acceptors (Lipinski definition) is 3. The van der Waals surface area contributed by atoms with Crippen LogP contribution in [0.15, 0.2) is 4.90 Å². The smallest absolute Gasteiger partial charge is 0.246 e. The minimum absolute atomic E-state index is 0.0812. The zero-order valence-corrected chi connectivity index (χ0v) is 10.8. The highest BCUT2D eigenvalue weighted by Gasteiger charge is 2.34. The number of nitrogens with one attached hydrogen (secondary N) is 1. The molecular weight excluding hydrogens is 250 g/mol. The van der Waals surface area contributed by atoms with Crippen LogP contribution in [-0.4, -0.2) is 41.4 Å². The number of nitrogens with zero attached hydrogens (tertiary/aromatic N) is 2. The topological polar surface area (TPSA) is 66.1 Å². The van der Waals surface area contributed by atoms with Crippen molar-refractivity contribution < 1.29 is 8.42 Å². The first kappa shape index (κ1) is 11.9. The summed E-state index contributed by atoms with van der Waals surface area (Å²) < 4.78 is 26.0. The number of halogens is 1. The van der Waals surface area contributed by atoms with Gasteiger partial charge in [0, 0.05) is 18.5 Å². The lowest BCUT2D eigenvalue weighted by Gasteiger charge is -2.15. The average molecular weight is 264 g/mol. The summed E-state index contributed by atoms with van der Waals surface area (Å²) in [6, 6.07) is 0. The maximum atomic E-state index is 12.3. The molecule has 1 aromatic rings. The van der Waals surface area contributed by atoms with Crippen molar-refractivity contribution in [2.24, 2.45) is 0 Å². The van der Waals surface area contributed by atoms with Gasteiger partial charge >= 0.3 is 0 Å². The summed E-state index contributed by atoms with van der Waals surface area (Å²) in [7, 11) is -3.43. The summed E-state index contributed by atoms with van der Waals surface area (Å²) in [5.41, 5.74) is 1.09. The zero-order chi connectivity index (χ0) is 11.9. The molecule has 0 saturated carbocycles. The van der Waals surface area contributed by atoms with Crippen LogP contribution >= 0.6 is 11.6 Å². The molecule has 90 valence electrons. The Labute approximate surface area is 99.8 Å². The average Bonchev–Trinajstić information content (AvgIpc) is 2.74. The number of sulfonamides is 1. The highest BCUT2D eigenvalue weighted by Crippen LogP contribution is 2.26. The monoisotopic (exact) mass is 263 g/mol. The molecule has 2 heterocycles. The van der Waals surface area contributed by atoms with Gasteiger partial charge in [0.25, 0.3) is 0 Å². The molecule has 1 aliphatic rings. The Morgan fingerprint density at radius 2 is 2.19 bits per heavy atom. The van der Waals surface area contributed by atoms with Gasteiger partial charge < -0.3 is 0 Å². The lowest BCUT2D eigenvalue weighted by Crippen LogP contribution is -2.29. The predicted molar refractivity (Wildman–Crippen MR) is 61.1 cm³/mol. The van der Waals surface area contributed by atoms with Gasteiger partial charge in [0.2, 0.25) is 10.0 Å². The van der Waals surface area contributed by atoms with E-state index in [9.17, 15) is 8.42 Å². The van der Waals surface area contributed by atoms with E-state index in [1.807, 2.05) is 0 Å². The maximum absolute atomic E-state index is 12.3. The summed E-state index contributed by atoms with van der Waals surface area (Å²) in [5.74, 6) is 0. The van der Waals surface area contributed by atoms with Crippen LogP contribution in [0.4, 0.5) is 0 Å². The molecule has 0 radical (unpaired) electrons. The normalized spacial score (nSPS) is 22.8. The Morgan fingerprint density at radius 3 is 2.62 bits per heavy atom. The van der Waals surface area contributed by atoms with E-state index in [-0.39, 0.29) is 5.38 Å². The van der Waals surface area contributed by atoms with Gasteiger partial charge in [-0.1, -0.05) is 0 Å². The van der Waals surface area contributed by atoms with Gasteiger partial charge in [-0.2, -0.15) is 9.40 Å². The number of aromatic nitrogens is 2. The minimum Gasteiger partial charge on any atom is -0.281 e. The summed E-state index contributed by atoms with van der Waals surface area (Å²) in [5, 5.41) is 6.52. The fraction of sp³-hybridized carbons (Fsp3) is 0.667. The second-order valence-corrected chi connectivity index (χ2v) is 6.50. The van der Waals surface area contributed by atoms with E-state index in [1.54, 1.807) is 13.8 Å². The second-order valence-electron chi connectivity index (χ2n) is 4.01. The van der Waals surface area contributed by atoms with Crippen LogP contribution < -0.4 is 0 Å². The molecule has 2 rings (SSSR count). The maximum Gasteiger partial charge on any atom is 0.246 e. The van der Waals surface area contributed by atoms with Crippen molar-refractivity contribution in [3.8, 4) is 0 Å². The molecule has 0 spiro atoms. The highest BCUT2D eigenvalue weighted by molar-refractivity contribution is 7.89. The molecule has 1 aromatic heterocycles. The summed E-state index contributed by atoms with van der Waals surface area (Å²) in [4.78, 5) is 0.290. The summed E-state index contributed by atoms with van der Waals surface area (Å²) in [6.07, 6.45) is 0.705. The Balaban J connectivity index is 2.40. The van der Waals surface area contributed by atoms with E-state index in [1.165, 1.54) is 4.31 Å². The Hall–Kier alpha value is -0.590. The lowest BCUT2D eigenvalue weighted by atomic mass is 10.4. The van der Waals surface area contributed by atoms with Gasteiger partial charge in [0.05, 0.1) is 11.4 Å². The number of H-pyrrole nitrogens is 1. The van der Waals surface area contributed by atoms with Gasteiger partial charge in [-0.05, 0) is 20.3 Å². The van der Waals surface area contributed by atoms with Crippen molar-refractivity contribution in [3.63, 3.8) is 0 Å². The van der Waals surface area contributed by atoms with E-state index in [0.29, 0.717) is 35.8 Å². The number of alkyl halides is 1. The van der Waals surface area contributed by atoms with E-state index in [4.69, 9.17) is 11.6 Å². The first-order valence-electron chi connectivity index (χ1n) is 5.08. The van der Waals surface area contributed by atoms with Crippen LogP contribution in [-0.2, 0) is 10.0 Å². The fourth-order valence-electron chi connectivity index (χ4n) is 1.96. The number of aryl methyl sites for hydroxylation is 2. The summed E-state index contributed by atoms with van der Waals surface area (Å²) >= 11 is 5.92. The Morgan fingerprint density at radius 1 is 1.50 bits per heavy atom. The highest BCUT2D eigenvalue weighted by atomic mass is 35.5. The molecule has 1 saturated heterocycles. The SMILES string of the molecule is Cc1n[nH]c(C)c1S(=O)(=O)N1CCC(Cl)C1. The van der Waals surface area contributed by atoms with Gasteiger partial charge in [-0.3, -0.25) is 5.10 Å². The van der Waals surface area contributed by atoms with E-state index in [0.717, 1.165) is 0 Å². The number of aromatic amines is 1. The van der Waals surface area contributed by atoms with E-state index < -0.39 is 10.0 Å². The molecule has 1 atom stereocenters. The molecule has 0 aromatic carbocycles. The third kappa shape index (κ3) is 1.85. The third-order valence-electron chi connectivity index (χ3n) is 2.75. The molecule has 16 heavy (non-hydrogen) atoms. The lowest BCUT2D eigenvalue weighted by molar-refractivity contribution is 0.477. The molecule has 1 aliphatic heterocycles. The predicted octanol–water partition coefficient (Wildman–Crippen LogP) is 1.03.